The van der Waals surface area contributed by atoms with Crippen LogP contribution in [0.3, 0.4) is 0 Å². The number of carboxylic acids is 1. The second-order valence-corrected chi connectivity index (χ2v) is 11.1. The van der Waals surface area contributed by atoms with Crippen LogP contribution in [0, 0.1) is 0 Å². The Hall–Kier alpha value is -4.35. The molecule has 3 N–H and O–H groups in total. The van der Waals surface area contributed by atoms with Crippen LogP contribution >= 0.6 is 34.9 Å². The van der Waals surface area contributed by atoms with E-state index in [1.54, 1.807) is 35.8 Å². The van der Waals surface area contributed by atoms with Crippen molar-refractivity contribution in [1.82, 2.24) is 30.4 Å². The number of carbonyl (C=O) groups is 4. The zero-order chi connectivity index (χ0) is 28.1. The standard InChI is InChI=1S/C23H18N8O6S3/c32-10-25-14-6-7-24-18(27-14)15(30-37-13-4-2-1-3-5-13)19(33)28-16-20(34)31-17(22(35)36)12(8-38-21(16)31)9-39-23-29-26-11-40-23/h1-7,10-11,16,21H,8-9H2,(H,28,33)(H,35,36)(H,24,25,27,32)/t16?,21-/m0/s1. The van der Waals surface area contributed by atoms with E-state index < -0.39 is 29.2 Å². The Kier molecular flexibility index (Phi) is 8.32. The van der Waals surface area contributed by atoms with E-state index in [1.165, 1.54) is 52.0 Å². The fourth-order valence-electron chi connectivity index (χ4n) is 3.76. The molecule has 1 unspecified atom stereocenters. The summed E-state index contributed by atoms with van der Waals surface area (Å²) in [4.78, 5) is 64.2. The molecule has 40 heavy (non-hydrogen) atoms. The summed E-state index contributed by atoms with van der Waals surface area (Å²) in [5.41, 5.74) is 1.69. The van der Waals surface area contributed by atoms with Gasteiger partial charge in [-0.15, -0.1) is 22.0 Å². The first kappa shape index (κ1) is 27.2. The summed E-state index contributed by atoms with van der Waals surface area (Å²) in [7, 11) is 0. The van der Waals surface area contributed by atoms with Crippen molar-refractivity contribution >= 4 is 70.6 Å². The summed E-state index contributed by atoms with van der Waals surface area (Å²) in [6.07, 6.45) is 1.73. The lowest BCUT2D eigenvalue weighted by Gasteiger charge is -2.49. The quantitative estimate of drug-likeness (QED) is 0.0942. The van der Waals surface area contributed by atoms with Gasteiger partial charge in [0, 0.05) is 17.7 Å². The van der Waals surface area contributed by atoms with Crippen LogP contribution in [0.1, 0.15) is 5.82 Å². The molecule has 14 nitrogen and oxygen atoms in total. The SMILES string of the molecule is O=CNc1ccnc(C(=NOc2ccccc2)C(=O)NC2C(=O)N3C(C(=O)O)=C(CSc4nncs4)CS[C@@H]23)n1. The molecule has 3 aromatic rings. The van der Waals surface area contributed by atoms with E-state index in [0.717, 1.165) is 0 Å². The Balaban J connectivity index is 1.35. The number of rotatable bonds is 11. The van der Waals surface area contributed by atoms with Gasteiger partial charge in [0.05, 0.1) is 0 Å². The lowest BCUT2D eigenvalue weighted by molar-refractivity contribution is -0.150. The number of carboxylic acid groups (broad SMARTS) is 1. The molecule has 2 aliphatic rings. The number of thioether (sulfide) groups is 2. The number of nitrogens with zero attached hydrogens (tertiary/aromatic N) is 6. The predicted octanol–water partition coefficient (Wildman–Crippen LogP) is 1.21. The minimum absolute atomic E-state index is 0.103. The molecule has 1 aromatic carbocycles. The fourth-order valence-corrected chi connectivity index (χ4v) is 6.73. The molecule has 4 heterocycles. The van der Waals surface area contributed by atoms with Crippen molar-refractivity contribution in [2.75, 3.05) is 16.8 Å². The molecule has 2 aliphatic heterocycles. The van der Waals surface area contributed by atoms with Gasteiger partial charge >= 0.3 is 5.97 Å². The molecule has 0 spiro atoms. The highest BCUT2D eigenvalue weighted by atomic mass is 32.2. The van der Waals surface area contributed by atoms with Gasteiger partial charge in [-0.3, -0.25) is 19.3 Å². The highest BCUT2D eigenvalue weighted by molar-refractivity contribution is 8.01. The van der Waals surface area contributed by atoms with E-state index >= 15 is 0 Å². The van der Waals surface area contributed by atoms with Crippen molar-refractivity contribution in [2.45, 2.75) is 15.8 Å². The third kappa shape index (κ3) is 5.80. The highest BCUT2D eigenvalue weighted by Gasteiger charge is 2.54. The van der Waals surface area contributed by atoms with Crippen molar-refractivity contribution < 1.29 is 29.1 Å². The Morgan fingerprint density at radius 1 is 1.27 bits per heavy atom. The number of carbonyl (C=O) groups excluding carboxylic acids is 3. The number of oxime groups is 1. The third-order valence-corrected chi connectivity index (χ3v) is 8.81. The monoisotopic (exact) mass is 598 g/mol. The van der Waals surface area contributed by atoms with Crippen molar-refractivity contribution in [3.63, 3.8) is 0 Å². The average molecular weight is 599 g/mol. The van der Waals surface area contributed by atoms with Crippen molar-refractivity contribution in [3.8, 4) is 5.75 Å². The first-order valence-electron chi connectivity index (χ1n) is 11.4. The molecule has 2 atom stereocenters. The summed E-state index contributed by atoms with van der Waals surface area (Å²) in [6.45, 7) is 0. The first-order chi connectivity index (χ1) is 19.5. The molecule has 0 saturated carbocycles. The van der Waals surface area contributed by atoms with Gasteiger partial charge in [0.15, 0.2) is 15.9 Å². The van der Waals surface area contributed by atoms with Crippen molar-refractivity contribution in [1.29, 1.82) is 0 Å². The molecule has 3 amide bonds. The summed E-state index contributed by atoms with van der Waals surface area (Å²) in [5, 5.41) is 25.9. The maximum atomic E-state index is 13.4. The fraction of sp³-hybridized carbons (Fsp3) is 0.174. The lowest BCUT2D eigenvalue weighted by Crippen LogP contribution is -2.71. The minimum atomic E-state index is -1.23. The normalized spacial score (nSPS) is 18.4. The van der Waals surface area contributed by atoms with Crippen molar-refractivity contribution in [2.24, 2.45) is 5.16 Å². The number of aliphatic carboxylic acids is 1. The van der Waals surface area contributed by atoms with E-state index in [9.17, 15) is 24.3 Å². The zero-order valence-electron chi connectivity index (χ0n) is 20.2. The molecule has 0 aliphatic carbocycles. The number of anilines is 1. The van der Waals surface area contributed by atoms with Crippen LogP contribution in [0.5, 0.6) is 5.75 Å². The van der Waals surface area contributed by atoms with E-state index in [2.05, 4.69) is 36.0 Å². The van der Waals surface area contributed by atoms with E-state index in [0.29, 0.717) is 33.6 Å². The Morgan fingerprint density at radius 2 is 2.10 bits per heavy atom. The molecule has 0 radical (unpaired) electrons. The molecule has 5 rings (SSSR count). The summed E-state index contributed by atoms with van der Waals surface area (Å²) in [5.74, 6) is -1.69. The number of amides is 3. The van der Waals surface area contributed by atoms with Crippen LogP contribution in [0.15, 0.2) is 68.9 Å². The highest BCUT2D eigenvalue weighted by Crippen LogP contribution is 2.41. The van der Waals surface area contributed by atoms with Crippen LogP contribution in [-0.2, 0) is 19.2 Å². The number of hydrogen-bond donors (Lipinski definition) is 3. The number of aromatic nitrogens is 4. The maximum absolute atomic E-state index is 13.4. The van der Waals surface area contributed by atoms with Crippen molar-refractivity contribution in [3.05, 3.63) is 65.2 Å². The van der Waals surface area contributed by atoms with Crippen LogP contribution in [0.25, 0.3) is 0 Å². The number of nitrogens with one attached hydrogen (secondary N) is 2. The smallest absolute Gasteiger partial charge is 0.352 e. The number of β-lactam (4-membered cyclic amide) rings is 1. The Bertz CT molecular complexity index is 1500. The second kappa shape index (κ2) is 12.2. The molecular weight excluding hydrogens is 581 g/mol. The molecule has 0 bridgehead atoms. The maximum Gasteiger partial charge on any atom is 0.352 e. The van der Waals surface area contributed by atoms with Gasteiger partial charge in [-0.25, -0.2) is 14.8 Å². The van der Waals surface area contributed by atoms with Gasteiger partial charge in [0.25, 0.3) is 11.8 Å². The summed E-state index contributed by atoms with van der Waals surface area (Å²) in [6, 6.07) is 8.84. The van der Waals surface area contributed by atoms with Gasteiger partial charge in [0.1, 0.15) is 28.4 Å². The number of hydrogen-bond acceptors (Lipinski definition) is 13. The average Bonchev–Trinajstić information content (AvgIpc) is 3.49. The molecule has 1 saturated heterocycles. The lowest BCUT2D eigenvalue weighted by atomic mass is 10.0. The van der Waals surface area contributed by atoms with E-state index in [1.807, 2.05) is 0 Å². The Morgan fingerprint density at radius 3 is 2.83 bits per heavy atom. The Labute approximate surface area is 238 Å². The second-order valence-electron chi connectivity index (χ2n) is 7.98. The van der Waals surface area contributed by atoms with Crippen LogP contribution < -0.4 is 15.5 Å². The van der Waals surface area contributed by atoms with Crippen LogP contribution in [-0.4, -0.2) is 83.0 Å². The molecule has 17 heteroatoms. The van der Waals surface area contributed by atoms with Gasteiger partial charge < -0.3 is 20.6 Å². The zero-order valence-corrected chi connectivity index (χ0v) is 22.6. The van der Waals surface area contributed by atoms with E-state index in [-0.39, 0.29) is 23.1 Å². The summed E-state index contributed by atoms with van der Waals surface area (Å²) < 4.78 is 0.684. The van der Waals surface area contributed by atoms with Crippen LogP contribution in [0.2, 0.25) is 0 Å². The van der Waals surface area contributed by atoms with E-state index in [4.69, 9.17) is 4.84 Å². The van der Waals surface area contributed by atoms with Gasteiger partial charge in [-0.05, 0) is 23.8 Å². The number of para-hydroxylation sites is 1. The van der Waals surface area contributed by atoms with Gasteiger partial charge in [-0.1, -0.05) is 46.5 Å². The van der Waals surface area contributed by atoms with Crippen LogP contribution in [0.4, 0.5) is 5.82 Å². The minimum Gasteiger partial charge on any atom is -0.477 e. The van der Waals surface area contributed by atoms with Gasteiger partial charge in [0.2, 0.25) is 12.1 Å². The largest absolute Gasteiger partial charge is 0.477 e. The van der Waals surface area contributed by atoms with Gasteiger partial charge in [-0.2, -0.15) is 0 Å². The molecule has 2 aromatic heterocycles. The third-order valence-electron chi connectivity index (χ3n) is 5.52. The number of fused-ring (bicyclic) bond motifs is 1. The summed E-state index contributed by atoms with van der Waals surface area (Å²) >= 11 is 4.00. The first-order valence-corrected chi connectivity index (χ1v) is 14.3. The number of benzene rings is 1. The topological polar surface area (TPSA) is 189 Å². The molecule has 204 valence electrons. The molecular formula is C23H18N8O6S3. The predicted molar refractivity (Wildman–Crippen MR) is 146 cm³/mol. The molecule has 1 fully saturated rings.